The summed E-state index contributed by atoms with van der Waals surface area (Å²) in [5.41, 5.74) is 3.44. The Balaban J connectivity index is 1.64. The maximum absolute atomic E-state index is 13.3. The summed E-state index contributed by atoms with van der Waals surface area (Å²) in [4.78, 5) is 3.53. The smallest absolute Gasteiger partial charge is 0.262 e. The van der Waals surface area contributed by atoms with Crippen LogP contribution < -0.4 is 19.7 Å². The molecular formula is C24H29N3O3S2. The molecule has 2 heterocycles. The summed E-state index contributed by atoms with van der Waals surface area (Å²) in [5, 5.41) is 5.58. The Hall–Kier alpha value is -2.55. The number of methoxy groups -OCH3 is 1. The summed E-state index contributed by atoms with van der Waals surface area (Å²) in [6, 6.07) is 15.4. The summed E-state index contributed by atoms with van der Waals surface area (Å²) in [6.45, 7) is 8.04. The number of sulfonamides is 1. The molecule has 2 atom stereocenters. The number of nitrogens with one attached hydrogen (secondary N) is 2. The van der Waals surface area contributed by atoms with Crippen LogP contribution in [0.15, 0.2) is 58.8 Å². The van der Waals surface area contributed by atoms with Gasteiger partial charge in [-0.1, -0.05) is 12.1 Å². The van der Waals surface area contributed by atoms with Gasteiger partial charge in [-0.05, 0) is 73.7 Å². The molecule has 0 saturated carbocycles. The van der Waals surface area contributed by atoms with E-state index in [2.05, 4.69) is 40.2 Å². The molecule has 2 N–H and O–H groups in total. The zero-order valence-corrected chi connectivity index (χ0v) is 20.4. The van der Waals surface area contributed by atoms with Crippen LogP contribution in [0, 0.1) is 6.92 Å². The van der Waals surface area contributed by atoms with Crippen molar-refractivity contribution in [3.63, 3.8) is 0 Å². The summed E-state index contributed by atoms with van der Waals surface area (Å²) >= 11 is 1.60. The van der Waals surface area contributed by atoms with Crippen LogP contribution in [0.2, 0.25) is 0 Å². The Morgan fingerprint density at radius 2 is 1.84 bits per heavy atom. The van der Waals surface area contributed by atoms with Gasteiger partial charge in [0.1, 0.15) is 5.75 Å². The second-order valence-corrected chi connectivity index (χ2v) is 11.0. The highest BCUT2D eigenvalue weighted by molar-refractivity contribution is 7.92. The maximum atomic E-state index is 13.3. The van der Waals surface area contributed by atoms with Crippen LogP contribution in [0.1, 0.15) is 19.4 Å². The molecule has 0 radical (unpaired) electrons. The van der Waals surface area contributed by atoms with Gasteiger partial charge in [-0.25, -0.2) is 8.42 Å². The van der Waals surface area contributed by atoms with Crippen molar-refractivity contribution in [3.05, 3.63) is 59.5 Å². The molecule has 0 bridgehead atoms. The van der Waals surface area contributed by atoms with Crippen LogP contribution >= 0.6 is 11.3 Å². The van der Waals surface area contributed by atoms with Gasteiger partial charge in [0.05, 0.1) is 17.7 Å². The third-order valence-corrected chi connectivity index (χ3v) is 7.97. The Kier molecular flexibility index (Phi) is 6.46. The minimum absolute atomic E-state index is 0.220. The quantitative estimate of drug-likeness (QED) is 0.544. The van der Waals surface area contributed by atoms with Gasteiger partial charge in [0.2, 0.25) is 0 Å². The van der Waals surface area contributed by atoms with E-state index in [1.54, 1.807) is 36.6 Å². The van der Waals surface area contributed by atoms with Gasteiger partial charge >= 0.3 is 0 Å². The first kappa shape index (κ1) is 22.6. The van der Waals surface area contributed by atoms with Crippen molar-refractivity contribution in [2.45, 2.75) is 37.8 Å². The van der Waals surface area contributed by atoms with E-state index in [0.717, 1.165) is 34.8 Å². The SMILES string of the molecule is COc1ccc(N2C[C@@H](C)N[C@@H](C)C2)cc1NS(=O)(=O)c1cccc(-c2cc(C)cs2)c1. The number of hydrogen-bond acceptors (Lipinski definition) is 6. The minimum Gasteiger partial charge on any atom is -0.495 e. The highest BCUT2D eigenvalue weighted by atomic mass is 32.2. The van der Waals surface area contributed by atoms with Crippen LogP contribution in [0.5, 0.6) is 5.75 Å². The lowest BCUT2D eigenvalue weighted by atomic mass is 10.1. The van der Waals surface area contributed by atoms with Crippen molar-refractivity contribution in [2.24, 2.45) is 0 Å². The molecule has 3 aromatic rings. The second kappa shape index (κ2) is 9.13. The van der Waals surface area contributed by atoms with E-state index in [-0.39, 0.29) is 4.90 Å². The fourth-order valence-electron chi connectivity index (χ4n) is 4.11. The Morgan fingerprint density at radius 1 is 1.09 bits per heavy atom. The Bertz CT molecular complexity index is 1200. The topological polar surface area (TPSA) is 70.7 Å². The fraction of sp³-hybridized carbons (Fsp3) is 0.333. The molecule has 0 aliphatic carbocycles. The second-order valence-electron chi connectivity index (χ2n) is 8.38. The van der Waals surface area contributed by atoms with Gasteiger partial charge in [0, 0.05) is 35.7 Å². The van der Waals surface area contributed by atoms with Gasteiger partial charge in [-0.15, -0.1) is 11.3 Å². The molecule has 0 unspecified atom stereocenters. The van der Waals surface area contributed by atoms with Crippen LogP contribution in [0.4, 0.5) is 11.4 Å². The molecule has 170 valence electrons. The summed E-state index contributed by atoms with van der Waals surface area (Å²) in [5.74, 6) is 0.485. The van der Waals surface area contributed by atoms with E-state index in [1.165, 1.54) is 0 Å². The van der Waals surface area contributed by atoms with E-state index in [9.17, 15) is 8.42 Å². The van der Waals surface area contributed by atoms with Crippen molar-refractivity contribution in [3.8, 4) is 16.2 Å². The highest BCUT2D eigenvalue weighted by Crippen LogP contribution is 2.33. The molecule has 1 aliphatic rings. The van der Waals surface area contributed by atoms with Crippen LogP contribution in [0.25, 0.3) is 10.4 Å². The first-order valence-corrected chi connectivity index (χ1v) is 13.0. The van der Waals surface area contributed by atoms with E-state index in [4.69, 9.17) is 4.74 Å². The highest BCUT2D eigenvalue weighted by Gasteiger charge is 2.23. The number of thiophene rings is 1. The molecule has 1 aliphatic heterocycles. The van der Waals surface area contributed by atoms with Crippen LogP contribution in [-0.2, 0) is 10.0 Å². The first-order valence-electron chi connectivity index (χ1n) is 10.6. The zero-order chi connectivity index (χ0) is 22.9. The minimum atomic E-state index is -3.79. The van der Waals surface area contributed by atoms with E-state index < -0.39 is 10.0 Å². The number of aryl methyl sites for hydroxylation is 1. The predicted octanol–water partition coefficient (Wildman–Crippen LogP) is 4.72. The molecule has 4 rings (SSSR count). The van der Waals surface area contributed by atoms with Gasteiger partial charge in [0.15, 0.2) is 0 Å². The molecule has 1 aromatic heterocycles. The van der Waals surface area contributed by atoms with Gasteiger partial charge in [-0.2, -0.15) is 0 Å². The lowest BCUT2D eigenvalue weighted by molar-refractivity contribution is 0.406. The van der Waals surface area contributed by atoms with Crippen LogP contribution in [0.3, 0.4) is 0 Å². The predicted molar refractivity (Wildman–Crippen MR) is 133 cm³/mol. The van der Waals surface area contributed by atoms with Crippen molar-refractivity contribution in [2.75, 3.05) is 29.8 Å². The first-order chi connectivity index (χ1) is 15.2. The lowest BCUT2D eigenvalue weighted by Gasteiger charge is -2.38. The number of ether oxygens (including phenoxy) is 1. The number of benzene rings is 2. The molecule has 0 spiro atoms. The number of hydrogen-bond donors (Lipinski definition) is 2. The van der Waals surface area contributed by atoms with Crippen molar-refractivity contribution >= 4 is 32.7 Å². The molecule has 32 heavy (non-hydrogen) atoms. The van der Waals surface area contributed by atoms with Crippen molar-refractivity contribution in [1.29, 1.82) is 0 Å². The van der Waals surface area contributed by atoms with Crippen molar-refractivity contribution < 1.29 is 13.2 Å². The molecule has 1 fully saturated rings. The Morgan fingerprint density at radius 3 is 2.50 bits per heavy atom. The largest absolute Gasteiger partial charge is 0.495 e. The van der Waals surface area contributed by atoms with E-state index in [1.807, 2.05) is 31.2 Å². The molecule has 6 nitrogen and oxygen atoms in total. The third kappa shape index (κ3) is 4.92. The van der Waals surface area contributed by atoms with Gasteiger partial charge in [0.25, 0.3) is 10.0 Å². The molecule has 0 amide bonds. The third-order valence-electron chi connectivity index (χ3n) is 5.51. The fourth-order valence-corrected chi connectivity index (χ4v) is 6.12. The van der Waals surface area contributed by atoms with Crippen LogP contribution in [-0.4, -0.2) is 40.7 Å². The maximum Gasteiger partial charge on any atom is 0.262 e. The number of nitrogens with zero attached hydrogens (tertiary/aromatic N) is 1. The average molecular weight is 472 g/mol. The molecular weight excluding hydrogens is 442 g/mol. The normalized spacial score (nSPS) is 19.1. The van der Waals surface area contributed by atoms with Gasteiger partial charge in [-0.3, -0.25) is 4.72 Å². The summed E-state index contributed by atoms with van der Waals surface area (Å²) < 4.78 is 34.7. The van der Waals surface area contributed by atoms with Gasteiger partial charge < -0.3 is 15.0 Å². The summed E-state index contributed by atoms with van der Waals surface area (Å²) in [7, 11) is -2.25. The number of piperazine rings is 1. The lowest BCUT2D eigenvalue weighted by Crippen LogP contribution is -2.54. The molecule has 2 aromatic carbocycles. The average Bonchev–Trinajstić information content (AvgIpc) is 3.19. The number of rotatable bonds is 6. The molecule has 1 saturated heterocycles. The standard InChI is InChI=1S/C24H29N3O3S2/c1-16-10-24(31-15-16)19-6-5-7-21(11-19)32(28,29)26-22-12-20(8-9-23(22)30-4)27-13-17(2)25-18(3)14-27/h5-12,15,17-18,25-26H,13-14H2,1-4H3/t17-,18+. The Labute approximate surface area is 194 Å². The van der Waals surface area contributed by atoms with Crippen molar-refractivity contribution in [1.82, 2.24) is 5.32 Å². The molecule has 8 heteroatoms. The summed E-state index contributed by atoms with van der Waals surface area (Å²) in [6.07, 6.45) is 0. The monoisotopic (exact) mass is 471 g/mol. The zero-order valence-electron chi connectivity index (χ0n) is 18.8. The van der Waals surface area contributed by atoms with E-state index in [0.29, 0.717) is 23.5 Å². The van der Waals surface area contributed by atoms with E-state index >= 15 is 0 Å². The number of anilines is 2.